The largest absolute Gasteiger partial charge is 0.459 e. The molecule has 1 aromatic carbocycles. The van der Waals surface area contributed by atoms with Crippen LogP contribution in [-0.4, -0.2) is 6.54 Å². The van der Waals surface area contributed by atoms with Gasteiger partial charge in [0.2, 0.25) is 0 Å². The maximum absolute atomic E-state index is 6.02. The Bertz CT molecular complexity index is 670. The summed E-state index contributed by atoms with van der Waals surface area (Å²) in [5.74, 6) is 0.981. The molecule has 0 aliphatic carbocycles. The van der Waals surface area contributed by atoms with Crippen molar-refractivity contribution < 1.29 is 4.42 Å². The van der Waals surface area contributed by atoms with E-state index in [1.54, 1.807) is 11.3 Å². The highest BCUT2D eigenvalue weighted by molar-refractivity contribution is 9.10. The van der Waals surface area contributed by atoms with Crippen LogP contribution >= 0.6 is 27.3 Å². The first-order valence-corrected chi connectivity index (χ1v) is 8.41. The fourth-order valence-corrected chi connectivity index (χ4v) is 3.78. The van der Waals surface area contributed by atoms with Gasteiger partial charge < -0.3 is 9.73 Å². The Morgan fingerprint density at radius 2 is 2.15 bits per heavy atom. The Hall–Kier alpha value is -1.10. The first-order chi connectivity index (χ1) is 9.78. The Balaban J connectivity index is 1.99. The molecule has 0 aliphatic heterocycles. The SMILES string of the molecule is CCCNC(c1cc2ccccc2o1)c1cc(Br)cs1. The van der Waals surface area contributed by atoms with E-state index >= 15 is 0 Å². The van der Waals surface area contributed by atoms with Gasteiger partial charge in [-0.05, 0) is 47.1 Å². The van der Waals surface area contributed by atoms with Gasteiger partial charge in [-0.3, -0.25) is 0 Å². The number of hydrogen-bond donors (Lipinski definition) is 1. The molecule has 1 atom stereocenters. The third-order valence-electron chi connectivity index (χ3n) is 3.20. The van der Waals surface area contributed by atoms with Crippen LogP contribution in [0.4, 0.5) is 0 Å². The molecule has 0 fully saturated rings. The standard InChI is InChI=1S/C16H16BrNOS/c1-2-7-18-16(15-9-12(17)10-20-15)14-8-11-5-3-4-6-13(11)19-14/h3-6,8-10,16,18H,2,7H2,1H3. The summed E-state index contributed by atoms with van der Waals surface area (Å²) in [5.41, 5.74) is 0.946. The van der Waals surface area contributed by atoms with Crippen LogP contribution in [0.3, 0.4) is 0 Å². The molecular formula is C16H16BrNOS. The van der Waals surface area contributed by atoms with Crippen LogP contribution in [0.25, 0.3) is 11.0 Å². The van der Waals surface area contributed by atoms with Crippen molar-refractivity contribution in [3.05, 3.63) is 56.9 Å². The second-order valence-electron chi connectivity index (χ2n) is 4.74. The van der Waals surface area contributed by atoms with Gasteiger partial charge in [-0.15, -0.1) is 11.3 Å². The third kappa shape index (κ3) is 2.82. The van der Waals surface area contributed by atoms with E-state index < -0.39 is 0 Å². The fraction of sp³-hybridized carbons (Fsp3) is 0.250. The van der Waals surface area contributed by atoms with Crippen LogP contribution in [0.2, 0.25) is 0 Å². The molecule has 1 N–H and O–H groups in total. The zero-order valence-electron chi connectivity index (χ0n) is 11.2. The summed E-state index contributed by atoms with van der Waals surface area (Å²) >= 11 is 5.27. The summed E-state index contributed by atoms with van der Waals surface area (Å²) in [7, 11) is 0. The quantitative estimate of drug-likeness (QED) is 0.671. The molecule has 0 spiro atoms. The first kappa shape index (κ1) is 13.9. The van der Waals surface area contributed by atoms with E-state index in [-0.39, 0.29) is 6.04 Å². The van der Waals surface area contributed by atoms with Crippen molar-refractivity contribution in [1.82, 2.24) is 5.32 Å². The minimum atomic E-state index is 0.124. The molecule has 0 radical (unpaired) electrons. The highest BCUT2D eigenvalue weighted by Gasteiger charge is 2.19. The first-order valence-electron chi connectivity index (χ1n) is 6.73. The van der Waals surface area contributed by atoms with E-state index in [0.717, 1.165) is 34.2 Å². The predicted octanol–water partition coefficient (Wildman–Crippen LogP) is 5.35. The monoisotopic (exact) mass is 349 g/mol. The highest BCUT2D eigenvalue weighted by atomic mass is 79.9. The number of furan rings is 1. The van der Waals surface area contributed by atoms with Gasteiger partial charge in [0.25, 0.3) is 0 Å². The van der Waals surface area contributed by atoms with Gasteiger partial charge in [-0.1, -0.05) is 25.1 Å². The summed E-state index contributed by atoms with van der Waals surface area (Å²) in [5, 5.41) is 6.84. The molecule has 0 saturated heterocycles. The zero-order chi connectivity index (χ0) is 13.9. The second-order valence-corrected chi connectivity index (χ2v) is 6.60. The molecule has 3 rings (SSSR count). The summed E-state index contributed by atoms with van der Waals surface area (Å²) < 4.78 is 7.14. The number of rotatable bonds is 5. The lowest BCUT2D eigenvalue weighted by Gasteiger charge is -2.14. The maximum Gasteiger partial charge on any atom is 0.134 e. The van der Waals surface area contributed by atoms with Crippen LogP contribution in [0.5, 0.6) is 0 Å². The van der Waals surface area contributed by atoms with Gasteiger partial charge in [0.15, 0.2) is 0 Å². The van der Waals surface area contributed by atoms with Crippen molar-refractivity contribution in [1.29, 1.82) is 0 Å². The Morgan fingerprint density at radius 3 is 2.85 bits per heavy atom. The summed E-state index contributed by atoms with van der Waals surface area (Å²) in [6.45, 7) is 3.14. The van der Waals surface area contributed by atoms with Crippen molar-refractivity contribution >= 4 is 38.2 Å². The smallest absolute Gasteiger partial charge is 0.134 e. The lowest BCUT2D eigenvalue weighted by Crippen LogP contribution is -2.21. The predicted molar refractivity (Wildman–Crippen MR) is 88.4 cm³/mol. The van der Waals surface area contributed by atoms with Crippen molar-refractivity contribution in [3.8, 4) is 0 Å². The number of fused-ring (bicyclic) bond motifs is 1. The van der Waals surface area contributed by atoms with Gasteiger partial charge >= 0.3 is 0 Å². The normalized spacial score (nSPS) is 12.9. The topological polar surface area (TPSA) is 25.2 Å². The number of nitrogens with one attached hydrogen (secondary N) is 1. The third-order valence-corrected chi connectivity index (χ3v) is 4.96. The number of benzene rings is 1. The molecule has 2 heterocycles. The summed E-state index contributed by atoms with van der Waals surface area (Å²) in [4.78, 5) is 1.27. The fourth-order valence-electron chi connectivity index (χ4n) is 2.25. The van der Waals surface area contributed by atoms with E-state index in [2.05, 4.69) is 51.7 Å². The van der Waals surface area contributed by atoms with E-state index in [9.17, 15) is 0 Å². The zero-order valence-corrected chi connectivity index (χ0v) is 13.6. The molecule has 1 unspecified atom stereocenters. The van der Waals surface area contributed by atoms with Gasteiger partial charge in [-0.25, -0.2) is 0 Å². The van der Waals surface area contributed by atoms with E-state index in [1.165, 1.54) is 4.88 Å². The number of halogens is 1. The van der Waals surface area contributed by atoms with Crippen LogP contribution in [0.15, 0.2) is 50.7 Å². The molecule has 2 nitrogen and oxygen atoms in total. The summed E-state index contributed by atoms with van der Waals surface area (Å²) in [6.07, 6.45) is 1.10. The lowest BCUT2D eigenvalue weighted by atomic mass is 10.1. The van der Waals surface area contributed by atoms with Crippen LogP contribution in [0, 0.1) is 0 Å². The van der Waals surface area contributed by atoms with E-state index in [4.69, 9.17) is 4.42 Å². The highest BCUT2D eigenvalue weighted by Crippen LogP contribution is 2.33. The molecule has 0 amide bonds. The molecule has 0 saturated carbocycles. The number of thiophene rings is 1. The molecule has 0 bridgehead atoms. The lowest BCUT2D eigenvalue weighted by molar-refractivity contribution is 0.473. The van der Waals surface area contributed by atoms with Gasteiger partial charge in [0, 0.05) is 20.1 Å². The Morgan fingerprint density at radius 1 is 1.30 bits per heavy atom. The molecule has 104 valence electrons. The van der Waals surface area contributed by atoms with Crippen molar-refractivity contribution in [2.75, 3.05) is 6.54 Å². The maximum atomic E-state index is 6.02. The molecule has 4 heteroatoms. The van der Waals surface area contributed by atoms with Crippen LogP contribution < -0.4 is 5.32 Å². The molecule has 0 aliphatic rings. The van der Waals surface area contributed by atoms with Crippen LogP contribution in [-0.2, 0) is 0 Å². The second kappa shape index (κ2) is 6.12. The van der Waals surface area contributed by atoms with E-state index in [0.29, 0.717) is 0 Å². The van der Waals surface area contributed by atoms with Crippen molar-refractivity contribution in [2.24, 2.45) is 0 Å². The van der Waals surface area contributed by atoms with E-state index in [1.807, 2.05) is 18.2 Å². The average Bonchev–Trinajstić information content (AvgIpc) is 3.05. The van der Waals surface area contributed by atoms with Crippen molar-refractivity contribution in [2.45, 2.75) is 19.4 Å². The molecule has 2 aromatic heterocycles. The number of para-hydroxylation sites is 1. The van der Waals surface area contributed by atoms with Gasteiger partial charge in [0.05, 0.1) is 0 Å². The molecule has 3 aromatic rings. The van der Waals surface area contributed by atoms with Gasteiger partial charge in [0.1, 0.15) is 17.4 Å². The summed E-state index contributed by atoms with van der Waals surface area (Å²) in [6, 6.07) is 12.6. The minimum Gasteiger partial charge on any atom is -0.459 e. The average molecular weight is 350 g/mol. The molecule has 20 heavy (non-hydrogen) atoms. The Labute approximate surface area is 130 Å². The minimum absolute atomic E-state index is 0.124. The number of hydrogen-bond acceptors (Lipinski definition) is 3. The van der Waals surface area contributed by atoms with Crippen molar-refractivity contribution in [3.63, 3.8) is 0 Å². The van der Waals surface area contributed by atoms with Gasteiger partial charge in [-0.2, -0.15) is 0 Å². The van der Waals surface area contributed by atoms with Crippen LogP contribution in [0.1, 0.15) is 30.0 Å². The Kier molecular flexibility index (Phi) is 4.24. The molecular weight excluding hydrogens is 334 g/mol.